The molecule has 2 heterocycles. The maximum atomic E-state index is 6.21. The van der Waals surface area contributed by atoms with Gasteiger partial charge in [0, 0.05) is 32.7 Å². The third-order valence-corrected chi connectivity index (χ3v) is 4.94. The van der Waals surface area contributed by atoms with Gasteiger partial charge in [0.25, 0.3) is 0 Å². The van der Waals surface area contributed by atoms with Gasteiger partial charge in [-0.2, -0.15) is 0 Å². The molecule has 0 bridgehead atoms. The zero-order valence-corrected chi connectivity index (χ0v) is 14.1. The number of hydrogen-bond acceptors (Lipinski definition) is 5. The van der Waals surface area contributed by atoms with E-state index < -0.39 is 0 Å². The van der Waals surface area contributed by atoms with Gasteiger partial charge in [0.15, 0.2) is 0 Å². The quantitative estimate of drug-likeness (QED) is 0.734. The predicted octanol–water partition coefficient (Wildman–Crippen LogP) is 1.41. The van der Waals surface area contributed by atoms with E-state index in [9.17, 15) is 0 Å². The average molecular weight is 312 g/mol. The van der Waals surface area contributed by atoms with Crippen molar-refractivity contribution in [2.45, 2.75) is 70.1 Å². The fraction of sp³-hybridized carbons (Fsp3) is 1.00. The molecule has 2 aliphatic heterocycles. The van der Waals surface area contributed by atoms with Crippen LogP contribution >= 0.6 is 0 Å². The molecule has 0 radical (unpaired) electrons. The van der Waals surface area contributed by atoms with Crippen LogP contribution in [-0.4, -0.2) is 74.8 Å². The topological polar surface area (TPSA) is 43.0 Å². The van der Waals surface area contributed by atoms with Gasteiger partial charge in [0.05, 0.1) is 37.1 Å². The lowest BCUT2D eigenvalue weighted by Crippen LogP contribution is -2.49. The third kappa shape index (κ3) is 4.90. The van der Waals surface area contributed by atoms with E-state index in [-0.39, 0.29) is 0 Å². The van der Waals surface area contributed by atoms with Gasteiger partial charge < -0.3 is 24.4 Å². The van der Waals surface area contributed by atoms with Crippen LogP contribution in [0.2, 0.25) is 0 Å². The second kappa shape index (κ2) is 8.06. The summed E-state index contributed by atoms with van der Waals surface area (Å²) in [6.45, 7) is 10.5. The first-order valence-electron chi connectivity index (χ1n) is 9.04. The highest BCUT2D eigenvalue weighted by Gasteiger charge is 2.34. The molecule has 22 heavy (non-hydrogen) atoms. The largest absolute Gasteiger partial charge is 0.375 e. The molecule has 3 fully saturated rings. The summed E-state index contributed by atoms with van der Waals surface area (Å²) in [5.41, 5.74) is 0. The third-order valence-electron chi connectivity index (χ3n) is 4.94. The number of ether oxygens (including phenoxy) is 3. The molecule has 0 atom stereocenters. The van der Waals surface area contributed by atoms with Gasteiger partial charge in [-0.15, -0.1) is 0 Å². The Labute approximate surface area is 134 Å². The lowest BCUT2D eigenvalue weighted by Gasteiger charge is -2.40. The Balaban J connectivity index is 1.22. The first-order chi connectivity index (χ1) is 10.7. The highest BCUT2D eigenvalue weighted by atomic mass is 16.5. The molecule has 0 unspecified atom stereocenters. The molecular formula is C17H32N2O3. The van der Waals surface area contributed by atoms with Crippen LogP contribution in [0, 0.1) is 0 Å². The maximum Gasteiger partial charge on any atom is 0.0824 e. The number of nitrogens with zero attached hydrogens (tertiary/aromatic N) is 1. The van der Waals surface area contributed by atoms with Crippen molar-refractivity contribution in [1.82, 2.24) is 10.2 Å². The van der Waals surface area contributed by atoms with Crippen LogP contribution in [0.15, 0.2) is 0 Å². The Morgan fingerprint density at radius 2 is 1.73 bits per heavy atom. The van der Waals surface area contributed by atoms with Crippen molar-refractivity contribution in [2.24, 2.45) is 0 Å². The van der Waals surface area contributed by atoms with Crippen LogP contribution in [0.5, 0.6) is 0 Å². The number of likely N-dealkylation sites (tertiary alicyclic amines) is 1. The van der Waals surface area contributed by atoms with Gasteiger partial charge in [-0.1, -0.05) is 0 Å². The fourth-order valence-corrected chi connectivity index (χ4v) is 3.39. The van der Waals surface area contributed by atoms with Gasteiger partial charge in [-0.25, -0.2) is 0 Å². The van der Waals surface area contributed by atoms with Gasteiger partial charge in [0.1, 0.15) is 0 Å². The molecule has 128 valence electrons. The molecule has 2 saturated heterocycles. The van der Waals surface area contributed by atoms with E-state index >= 15 is 0 Å². The van der Waals surface area contributed by atoms with Crippen molar-refractivity contribution in [3.8, 4) is 0 Å². The predicted molar refractivity (Wildman–Crippen MR) is 86.2 cm³/mol. The minimum atomic E-state index is 0.340. The SMILES string of the molecule is CC(C)O[C@H]1C[C@H](OC2CCN(CCOC3CNC3)CC2)C1. The Morgan fingerprint density at radius 3 is 2.32 bits per heavy atom. The zero-order chi connectivity index (χ0) is 15.4. The molecule has 0 aromatic carbocycles. The van der Waals surface area contributed by atoms with Crippen molar-refractivity contribution in [1.29, 1.82) is 0 Å². The van der Waals surface area contributed by atoms with Crippen LogP contribution in [0.1, 0.15) is 39.5 Å². The lowest BCUT2D eigenvalue weighted by atomic mass is 9.91. The monoisotopic (exact) mass is 312 g/mol. The second-order valence-corrected chi connectivity index (χ2v) is 7.23. The summed E-state index contributed by atoms with van der Waals surface area (Å²) in [5, 5.41) is 3.23. The highest BCUT2D eigenvalue weighted by Crippen LogP contribution is 2.30. The van der Waals surface area contributed by atoms with Gasteiger partial charge in [-0.3, -0.25) is 0 Å². The Bertz CT molecular complexity index is 322. The van der Waals surface area contributed by atoms with Crippen molar-refractivity contribution in [2.75, 3.05) is 39.3 Å². The molecule has 5 nitrogen and oxygen atoms in total. The molecule has 0 aromatic heterocycles. The Hall–Kier alpha value is -0.200. The molecule has 0 spiro atoms. The Morgan fingerprint density at radius 1 is 1.00 bits per heavy atom. The van der Waals surface area contributed by atoms with E-state index in [2.05, 4.69) is 24.1 Å². The standard InChI is InChI=1S/C17H32N2O3/c1-13(2)21-15-9-16(10-15)22-14-3-5-19(6-4-14)7-8-20-17-11-18-12-17/h13-18H,3-12H2,1-2H3/t15-,16-. The van der Waals surface area contributed by atoms with Gasteiger partial charge in [0.2, 0.25) is 0 Å². The van der Waals surface area contributed by atoms with Crippen molar-refractivity contribution in [3.63, 3.8) is 0 Å². The van der Waals surface area contributed by atoms with Crippen LogP contribution in [0.3, 0.4) is 0 Å². The molecule has 1 aliphatic carbocycles. The summed E-state index contributed by atoms with van der Waals surface area (Å²) in [5.74, 6) is 0. The molecule has 1 saturated carbocycles. The van der Waals surface area contributed by atoms with E-state index in [1.54, 1.807) is 0 Å². The molecule has 0 aromatic rings. The molecule has 3 rings (SSSR count). The summed E-state index contributed by atoms with van der Waals surface area (Å²) in [7, 11) is 0. The van der Waals surface area contributed by atoms with E-state index in [1.165, 1.54) is 0 Å². The number of nitrogens with one attached hydrogen (secondary N) is 1. The minimum absolute atomic E-state index is 0.340. The highest BCUT2D eigenvalue weighted by molar-refractivity contribution is 4.84. The average Bonchev–Trinajstić information content (AvgIpc) is 2.40. The van der Waals surface area contributed by atoms with Gasteiger partial charge in [-0.05, 0) is 39.5 Å². The normalized spacial score (nSPS) is 31.2. The number of rotatable bonds is 8. The smallest absolute Gasteiger partial charge is 0.0824 e. The minimum Gasteiger partial charge on any atom is -0.375 e. The summed E-state index contributed by atoms with van der Waals surface area (Å²) in [6.07, 6.45) is 6.63. The van der Waals surface area contributed by atoms with Crippen LogP contribution in [0.25, 0.3) is 0 Å². The zero-order valence-electron chi connectivity index (χ0n) is 14.1. The summed E-state index contributed by atoms with van der Waals surface area (Å²) < 4.78 is 17.8. The van der Waals surface area contributed by atoms with Crippen molar-refractivity contribution >= 4 is 0 Å². The van der Waals surface area contributed by atoms with E-state index in [1.807, 2.05) is 0 Å². The first-order valence-corrected chi connectivity index (χ1v) is 9.04. The maximum absolute atomic E-state index is 6.21. The van der Waals surface area contributed by atoms with E-state index in [0.717, 1.165) is 65.0 Å². The lowest BCUT2D eigenvalue weighted by molar-refractivity contribution is -0.146. The summed E-state index contributed by atoms with van der Waals surface area (Å²) in [6, 6.07) is 0. The van der Waals surface area contributed by atoms with Crippen molar-refractivity contribution in [3.05, 3.63) is 0 Å². The van der Waals surface area contributed by atoms with Crippen molar-refractivity contribution < 1.29 is 14.2 Å². The number of piperidine rings is 1. The molecule has 5 heteroatoms. The van der Waals surface area contributed by atoms with Crippen LogP contribution in [-0.2, 0) is 14.2 Å². The van der Waals surface area contributed by atoms with Crippen LogP contribution in [0.4, 0.5) is 0 Å². The molecule has 1 N–H and O–H groups in total. The second-order valence-electron chi connectivity index (χ2n) is 7.23. The van der Waals surface area contributed by atoms with Gasteiger partial charge >= 0.3 is 0 Å². The summed E-state index contributed by atoms with van der Waals surface area (Å²) in [4.78, 5) is 2.51. The first kappa shape index (κ1) is 16.7. The fourth-order valence-electron chi connectivity index (χ4n) is 3.39. The molecule has 3 aliphatic rings. The molecule has 0 amide bonds. The van der Waals surface area contributed by atoms with E-state index in [0.29, 0.717) is 30.5 Å². The van der Waals surface area contributed by atoms with Crippen LogP contribution < -0.4 is 5.32 Å². The Kier molecular flexibility index (Phi) is 6.10. The molecular weight excluding hydrogens is 280 g/mol. The summed E-state index contributed by atoms with van der Waals surface area (Å²) >= 11 is 0. The number of hydrogen-bond donors (Lipinski definition) is 1. The van der Waals surface area contributed by atoms with E-state index in [4.69, 9.17) is 14.2 Å².